The van der Waals surface area contributed by atoms with Crippen LogP contribution in [0.25, 0.3) is 11.3 Å². The number of rotatable bonds is 5. The molecule has 0 amide bonds. The highest BCUT2D eigenvalue weighted by atomic mass is 19.4. The molecule has 1 aromatic heterocycles. The number of carbonyl (C=O) groups excluding carboxylic acids is 1. The summed E-state index contributed by atoms with van der Waals surface area (Å²) < 4.78 is 55.3. The average Bonchev–Trinajstić information content (AvgIpc) is 3.49. The quantitative estimate of drug-likeness (QED) is 0.323. The van der Waals surface area contributed by atoms with Crippen LogP contribution in [0.2, 0.25) is 0 Å². The molecule has 1 N–H and O–H groups in total. The first-order valence-corrected chi connectivity index (χ1v) is 13.5. The van der Waals surface area contributed by atoms with Gasteiger partial charge in [0.15, 0.2) is 0 Å². The fourth-order valence-electron chi connectivity index (χ4n) is 6.10. The monoisotopic (exact) mass is 557 g/mol. The van der Waals surface area contributed by atoms with Crippen molar-refractivity contribution in [3.8, 4) is 17.1 Å². The summed E-state index contributed by atoms with van der Waals surface area (Å²) in [5.74, 6) is -0.155. The zero-order valence-electron chi connectivity index (χ0n) is 23.0. The Kier molecular flexibility index (Phi) is 7.48. The Balaban J connectivity index is 1.54. The lowest BCUT2D eigenvalue weighted by atomic mass is 9.64. The lowest BCUT2D eigenvalue weighted by Gasteiger charge is -2.44. The van der Waals surface area contributed by atoms with E-state index >= 15 is 0 Å². The molecule has 40 heavy (non-hydrogen) atoms. The number of aryl methyl sites for hydroxylation is 1. The number of hydrogen-bond acceptors (Lipinski definition) is 6. The Morgan fingerprint density at radius 2 is 1.80 bits per heavy atom. The number of hydroxylamine groups is 1. The van der Waals surface area contributed by atoms with Crippen LogP contribution in [0.1, 0.15) is 75.3 Å². The molecule has 3 aromatic rings. The van der Waals surface area contributed by atoms with Crippen LogP contribution in [0.3, 0.4) is 0 Å². The Morgan fingerprint density at radius 3 is 2.45 bits per heavy atom. The van der Waals surface area contributed by atoms with Gasteiger partial charge in [-0.05, 0) is 88.4 Å². The molecule has 214 valence electrons. The van der Waals surface area contributed by atoms with Crippen LogP contribution in [-0.4, -0.2) is 23.5 Å². The Hall–Kier alpha value is -3.30. The van der Waals surface area contributed by atoms with Crippen LogP contribution < -0.4 is 10.2 Å². The number of nitrogens with one attached hydrogen (secondary N) is 1. The predicted octanol–water partition coefficient (Wildman–Crippen LogP) is 7.78. The molecule has 0 bridgehead atoms. The zero-order valence-corrected chi connectivity index (χ0v) is 23.0. The molecule has 2 aromatic carbocycles. The molecule has 2 aliphatic rings. The molecule has 1 spiro atoms. The summed E-state index contributed by atoms with van der Waals surface area (Å²) in [4.78, 5) is 19.9. The third kappa shape index (κ3) is 6.05. The lowest BCUT2D eigenvalue weighted by Crippen LogP contribution is -2.47. The van der Waals surface area contributed by atoms with Crippen molar-refractivity contribution in [2.24, 2.45) is 5.92 Å². The molecule has 9 heteroatoms. The van der Waals surface area contributed by atoms with Crippen molar-refractivity contribution in [3.05, 3.63) is 77.6 Å². The molecule has 1 aliphatic carbocycles. The Labute approximate surface area is 231 Å². The predicted molar refractivity (Wildman–Crippen MR) is 142 cm³/mol. The minimum absolute atomic E-state index is 0.278. The van der Waals surface area contributed by atoms with Gasteiger partial charge in [0.2, 0.25) is 0 Å². The molecule has 1 unspecified atom stereocenters. The van der Waals surface area contributed by atoms with E-state index in [0.717, 1.165) is 12.0 Å². The smallest absolute Gasteiger partial charge is 0.461 e. The molecule has 2 fully saturated rings. The normalized spacial score (nSPS) is 25.2. The number of hydrogen-bond donors (Lipinski definition) is 1. The van der Waals surface area contributed by atoms with Crippen molar-refractivity contribution >= 4 is 5.97 Å². The molecule has 0 radical (unpaired) electrons. The number of carbonyl (C=O) groups is 1. The van der Waals surface area contributed by atoms with Gasteiger partial charge in [-0.2, -0.15) is 5.48 Å². The van der Waals surface area contributed by atoms with E-state index in [2.05, 4.69) is 10.2 Å². The van der Waals surface area contributed by atoms with Gasteiger partial charge in [-0.15, -0.1) is 13.2 Å². The summed E-state index contributed by atoms with van der Waals surface area (Å²) >= 11 is 0. The summed E-state index contributed by atoms with van der Waals surface area (Å²) in [5, 5.41) is 0. The SMILES string of the molecule is Cc1ccc(-c2ccc(OC(F)(F)F)cc2[C@H]2C[C@@]3(CCCC(C(=O)OC(C)(C)C)[C@H]3c3ccccc3)ON2)o1. The van der Waals surface area contributed by atoms with Crippen LogP contribution in [0, 0.1) is 12.8 Å². The summed E-state index contributed by atoms with van der Waals surface area (Å²) in [6.45, 7) is 7.34. The van der Waals surface area contributed by atoms with Crippen molar-refractivity contribution in [2.75, 3.05) is 0 Å². The average molecular weight is 558 g/mol. The van der Waals surface area contributed by atoms with Crippen molar-refractivity contribution < 1.29 is 36.7 Å². The van der Waals surface area contributed by atoms with Gasteiger partial charge in [-0.3, -0.25) is 9.63 Å². The maximum absolute atomic E-state index is 13.5. The van der Waals surface area contributed by atoms with Gasteiger partial charge in [0.25, 0.3) is 0 Å². The van der Waals surface area contributed by atoms with E-state index in [1.54, 1.807) is 25.1 Å². The highest BCUT2D eigenvalue weighted by Crippen LogP contribution is 2.54. The van der Waals surface area contributed by atoms with Crippen LogP contribution >= 0.6 is 0 Å². The van der Waals surface area contributed by atoms with E-state index in [9.17, 15) is 18.0 Å². The topological polar surface area (TPSA) is 69.9 Å². The summed E-state index contributed by atoms with van der Waals surface area (Å²) in [7, 11) is 0. The van der Waals surface area contributed by atoms with Crippen LogP contribution in [0.4, 0.5) is 13.2 Å². The molecule has 4 atom stereocenters. The van der Waals surface area contributed by atoms with E-state index in [0.29, 0.717) is 41.9 Å². The van der Waals surface area contributed by atoms with Crippen molar-refractivity contribution in [1.29, 1.82) is 0 Å². The third-order valence-corrected chi connectivity index (χ3v) is 7.54. The summed E-state index contributed by atoms with van der Waals surface area (Å²) in [6, 6.07) is 17.1. The fourth-order valence-corrected chi connectivity index (χ4v) is 6.10. The Morgan fingerprint density at radius 1 is 1.05 bits per heavy atom. The van der Waals surface area contributed by atoms with E-state index in [4.69, 9.17) is 14.0 Å². The number of ether oxygens (including phenoxy) is 2. The largest absolute Gasteiger partial charge is 0.573 e. The van der Waals surface area contributed by atoms with Gasteiger partial charge >= 0.3 is 12.3 Å². The highest BCUT2D eigenvalue weighted by Gasteiger charge is 2.55. The second-order valence-electron chi connectivity index (χ2n) is 11.7. The second-order valence-corrected chi connectivity index (χ2v) is 11.7. The van der Waals surface area contributed by atoms with Crippen LogP contribution in [0.5, 0.6) is 5.75 Å². The maximum atomic E-state index is 13.5. The first kappa shape index (κ1) is 28.2. The molecule has 2 heterocycles. The molecule has 1 saturated carbocycles. The fraction of sp³-hybridized carbons (Fsp3) is 0.452. The minimum atomic E-state index is -4.83. The van der Waals surface area contributed by atoms with E-state index in [1.807, 2.05) is 51.1 Å². The van der Waals surface area contributed by atoms with E-state index in [-0.39, 0.29) is 17.6 Å². The summed E-state index contributed by atoms with van der Waals surface area (Å²) in [5.41, 5.74) is 3.83. The maximum Gasteiger partial charge on any atom is 0.573 e. The van der Waals surface area contributed by atoms with Gasteiger partial charge < -0.3 is 13.9 Å². The molecule has 6 nitrogen and oxygen atoms in total. The summed E-state index contributed by atoms with van der Waals surface area (Å²) in [6.07, 6.45) is -2.35. The molecular formula is C31H34F3NO5. The van der Waals surface area contributed by atoms with Gasteiger partial charge in [-0.25, -0.2) is 0 Å². The molecular weight excluding hydrogens is 523 g/mol. The lowest BCUT2D eigenvalue weighted by molar-refractivity contribution is -0.274. The highest BCUT2D eigenvalue weighted by molar-refractivity contribution is 5.75. The van der Waals surface area contributed by atoms with Gasteiger partial charge in [0.1, 0.15) is 22.9 Å². The first-order valence-electron chi connectivity index (χ1n) is 13.5. The van der Waals surface area contributed by atoms with Crippen LogP contribution in [0.15, 0.2) is 65.1 Å². The number of alkyl halides is 3. The molecule has 1 aliphatic heterocycles. The molecule has 1 saturated heterocycles. The number of benzene rings is 2. The molecule has 5 rings (SSSR count). The van der Waals surface area contributed by atoms with Gasteiger partial charge in [0.05, 0.1) is 17.6 Å². The standard InChI is InChI=1S/C31H34F3NO5/c1-19-12-15-26(37-19)22-14-13-21(38-31(32,33)34)17-24(22)25-18-30(40-35-25)16-8-11-23(28(36)39-29(2,3)4)27(30)20-9-6-5-7-10-20/h5-7,9-10,12-15,17,23,25,27,35H,8,11,16,18H2,1-4H3/t23?,25-,27-,30-/m1/s1. The number of esters is 1. The number of furan rings is 1. The van der Waals surface area contributed by atoms with Crippen molar-refractivity contribution in [2.45, 2.75) is 82.9 Å². The van der Waals surface area contributed by atoms with E-state index in [1.165, 1.54) is 12.1 Å². The van der Waals surface area contributed by atoms with E-state index < -0.39 is 29.5 Å². The second kappa shape index (κ2) is 10.6. The van der Waals surface area contributed by atoms with Gasteiger partial charge in [-0.1, -0.05) is 30.3 Å². The minimum Gasteiger partial charge on any atom is -0.461 e. The zero-order chi connectivity index (χ0) is 28.7. The Bertz CT molecular complexity index is 1350. The van der Waals surface area contributed by atoms with Crippen molar-refractivity contribution in [1.82, 2.24) is 5.48 Å². The van der Waals surface area contributed by atoms with Gasteiger partial charge in [0, 0.05) is 17.9 Å². The number of halogens is 3. The van der Waals surface area contributed by atoms with Crippen molar-refractivity contribution in [3.63, 3.8) is 0 Å². The van der Waals surface area contributed by atoms with Crippen LogP contribution in [-0.2, 0) is 14.4 Å². The third-order valence-electron chi connectivity index (χ3n) is 7.54. The first-order chi connectivity index (χ1) is 18.8.